The van der Waals surface area contributed by atoms with Gasteiger partial charge < -0.3 is 10.6 Å². The van der Waals surface area contributed by atoms with E-state index >= 15 is 0 Å². The van der Waals surface area contributed by atoms with Crippen LogP contribution >= 0.6 is 11.6 Å². The minimum atomic E-state index is -3.54. The van der Waals surface area contributed by atoms with Gasteiger partial charge in [-0.05, 0) is 37.0 Å². The highest BCUT2D eigenvalue weighted by Gasteiger charge is 2.27. The summed E-state index contributed by atoms with van der Waals surface area (Å²) in [6, 6.07) is 6.42. The topological polar surface area (TPSA) is 83.7 Å². The molecule has 1 aliphatic heterocycles. The number of hydrogen-bond acceptors (Lipinski definition) is 3. The maximum absolute atomic E-state index is 12.7. The third-order valence-corrected chi connectivity index (χ3v) is 6.11. The predicted molar refractivity (Wildman–Crippen MR) is 90.0 cm³/mol. The van der Waals surface area contributed by atoms with E-state index in [-0.39, 0.29) is 11.4 Å². The first-order valence-electron chi connectivity index (χ1n) is 7.64. The average molecular weight is 360 g/mol. The molecule has 1 aromatic rings. The van der Waals surface area contributed by atoms with Crippen LogP contribution in [0.15, 0.2) is 29.2 Å². The van der Waals surface area contributed by atoms with Crippen LogP contribution in [0, 0.1) is 0 Å². The molecule has 23 heavy (non-hydrogen) atoms. The molecule has 0 aliphatic carbocycles. The van der Waals surface area contributed by atoms with Gasteiger partial charge in [-0.1, -0.05) is 12.1 Å². The monoisotopic (exact) mass is 359 g/mol. The number of amides is 2. The van der Waals surface area contributed by atoms with Gasteiger partial charge >= 0.3 is 6.03 Å². The average Bonchev–Trinajstić information content (AvgIpc) is 2.80. The number of carbonyl (C=O) groups excluding carboxylic acids is 1. The van der Waals surface area contributed by atoms with Crippen molar-refractivity contribution in [2.45, 2.75) is 24.2 Å². The first kappa shape index (κ1) is 18.0. The van der Waals surface area contributed by atoms with Crippen molar-refractivity contribution in [1.82, 2.24) is 9.21 Å². The van der Waals surface area contributed by atoms with Crippen molar-refractivity contribution >= 4 is 27.7 Å². The molecule has 6 nitrogen and oxygen atoms in total. The number of urea groups is 1. The Hall–Kier alpha value is -1.31. The molecule has 0 radical (unpaired) electrons. The number of hydrogen-bond donors (Lipinski definition) is 1. The van der Waals surface area contributed by atoms with Crippen molar-refractivity contribution in [1.29, 1.82) is 0 Å². The minimum absolute atomic E-state index is 0.263. The Kier molecular flexibility index (Phi) is 6.26. The predicted octanol–water partition coefficient (Wildman–Crippen LogP) is 1.63. The molecule has 1 aliphatic rings. The molecule has 1 saturated heterocycles. The van der Waals surface area contributed by atoms with Crippen molar-refractivity contribution < 1.29 is 13.2 Å². The molecule has 0 saturated carbocycles. The van der Waals surface area contributed by atoms with Crippen LogP contribution in [0.1, 0.15) is 18.4 Å². The second-order valence-electron chi connectivity index (χ2n) is 5.52. The van der Waals surface area contributed by atoms with Crippen LogP contribution in [-0.4, -0.2) is 55.7 Å². The zero-order valence-corrected chi connectivity index (χ0v) is 14.5. The van der Waals surface area contributed by atoms with Crippen LogP contribution in [-0.2, 0) is 16.4 Å². The lowest BCUT2D eigenvalue weighted by Crippen LogP contribution is -2.39. The number of aryl methyl sites for hydroxylation is 1. The lowest BCUT2D eigenvalue weighted by atomic mass is 10.1. The Labute approximate surface area is 142 Å². The van der Waals surface area contributed by atoms with Crippen molar-refractivity contribution in [2.24, 2.45) is 5.73 Å². The number of nitrogens with zero attached hydrogens (tertiary/aromatic N) is 2. The summed E-state index contributed by atoms with van der Waals surface area (Å²) in [5.41, 5.74) is 6.34. The molecule has 2 rings (SSSR count). The first-order chi connectivity index (χ1) is 10.9. The SMILES string of the molecule is NC(=O)N1CCCN(S(=O)(=O)c2ccc(CCCCl)cc2)CC1. The zero-order valence-electron chi connectivity index (χ0n) is 12.9. The lowest BCUT2D eigenvalue weighted by molar-refractivity contribution is 0.210. The fourth-order valence-electron chi connectivity index (χ4n) is 2.60. The summed E-state index contributed by atoms with van der Waals surface area (Å²) < 4.78 is 26.8. The second-order valence-corrected chi connectivity index (χ2v) is 7.84. The molecule has 0 bridgehead atoms. The van der Waals surface area contributed by atoms with E-state index in [0.29, 0.717) is 31.9 Å². The van der Waals surface area contributed by atoms with Crippen LogP contribution in [0.3, 0.4) is 0 Å². The van der Waals surface area contributed by atoms with E-state index in [4.69, 9.17) is 17.3 Å². The fraction of sp³-hybridized carbons (Fsp3) is 0.533. The fourth-order valence-corrected chi connectivity index (χ4v) is 4.21. The maximum atomic E-state index is 12.7. The Morgan fingerprint density at radius 1 is 1.13 bits per heavy atom. The van der Waals surface area contributed by atoms with Gasteiger partial charge in [-0.25, -0.2) is 13.2 Å². The number of nitrogens with two attached hydrogens (primary N) is 1. The summed E-state index contributed by atoms with van der Waals surface area (Å²) in [7, 11) is -3.54. The minimum Gasteiger partial charge on any atom is -0.351 e. The molecule has 0 unspecified atom stereocenters. The second kappa shape index (κ2) is 7.99. The van der Waals surface area contributed by atoms with Gasteiger partial charge in [0.2, 0.25) is 10.0 Å². The van der Waals surface area contributed by atoms with Crippen LogP contribution < -0.4 is 5.73 Å². The van der Waals surface area contributed by atoms with Crippen LogP contribution in [0.4, 0.5) is 4.79 Å². The maximum Gasteiger partial charge on any atom is 0.314 e. The van der Waals surface area contributed by atoms with Crippen LogP contribution in [0.25, 0.3) is 0 Å². The number of primary amides is 1. The van der Waals surface area contributed by atoms with Gasteiger partial charge in [-0.2, -0.15) is 4.31 Å². The number of halogens is 1. The third-order valence-electron chi connectivity index (χ3n) is 3.93. The standard InChI is InChI=1S/C15H22ClN3O3S/c16-8-1-3-13-4-6-14(7-5-13)23(21,22)19-10-2-9-18(11-12-19)15(17)20/h4-7H,1-3,8-12H2,(H2,17,20). The summed E-state index contributed by atoms with van der Waals surface area (Å²) in [6.07, 6.45) is 2.28. The van der Waals surface area contributed by atoms with Gasteiger partial charge in [0, 0.05) is 32.1 Å². The van der Waals surface area contributed by atoms with Gasteiger partial charge in [-0.15, -0.1) is 11.6 Å². The summed E-state index contributed by atoms with van der Waals surface area (Å²) >= 11 is 5.67. The molecule has 0 aromatic heterocycles. The van der Waals surface area contributed by atoms with E-state index in [1.54, 1.807) is 12.1 Å². The summed E-state index contributed by atoms with van der Waals surface area (Å²) in [4.78, 5) is 13.0. The summed E-state index contributed by atoms with van der Waals surface area (Å²) in [5, 5.41) is 0. The van der Waals surface area contributed by atoms with Gasteiger partial charge in [0.1, 0.15) is 0 Å². The highest BCUT2D eigenvalue weighted by atomic mass is 35.5. The van der Waals surface area contributed by atoms with Crippen molar-refractivity contribution in [3.8, 4) is 0 Å². The molecule has 128 valence electrons. The van der Waals surface area contributed by atoms with Crippen molar-refractivity contribution in [3.05, 3.63) is 29.8 Å². The van der Waals surface area contributed by atoms with E-state index in [1.807, 2.05) is 12.1 Å². The third kappa shape index (κ3) is 4.59. The normalized spacial score (nSPS) is 17.0. The van der Waals surface area contributed by atoms with E-state index in [0.717, 1.165) is 18.4 Å². The Balaban J connectivity index is 2.10. The number of carbonyl (C=O) groups is 1. The van der Waals surface area contributed by atoms with Gasteiger partial charge in [0.25, 0.3) is 0 Å². The lowest BCUT2D eigenvalue weighted by Gasteiger charge is -2.21. The van der Waals surface area contributed by atoms with Gasteiger partial charge in [0.15, 0.2) is 0 Å². The summed E-state index contributed by atoms with van der Waals surface area (Å²) in [6.45, 7) is 1.46. The van der Waals surface area contributed by atoms with E-state index < -0.39 is 16.1 Å². The smallest absolute Gasteiger partial charge is 0.314 e. The Bertz CT molecular complexity index is 634. The van der Waals surface area contributed by atoms with Crippen LogP contribution in [0.2, 0.25) is 0 Å². The quantitative estimate of drug-likeness (QED) is 0.811. The molecule has 1 fully saturated rings. The molecular formula is C15H22ClN3O3S. The number of benzene rings is 1. The van der Waals surface area contributed by atoms with Crippen molar-refractivity contribution in [2.75, 3.05) is 32.1 Å². The molecule has 0 spiro atoms. The highest BCUT2D eigenvalue weighted by Crippen LogP contribution is 2.19. The van der Waals surface area contributed by atoms with E-state index in [9.17, 15) is 13.2 Å². The summed E-state index contributed by atoms with van der Waals surface area (Å²) in [5.74, 6) is 0.587. The van der Waals surface area contributed by atoms with Crippen LogP contribution in [0.5, 0.6) is 0 Å². The molecule has 0 atom stereocenters. The zero-order chi connectivity index (χ0) is 16.9. The molecule has 2 N–H and O–H groups in total. The molecule has 8 heteroatoms. The molecule has 2 amide bonds. The van der Waals surface area contributed by atoms with Gasteiger partial charge in [0.05, 0.1) is 4.90 Å². The number of sulfonamides is 1. The largest absolute Gasteiger partial charge is 0.351 e. The Morgan fingerprint density at radius 3 is 2.43 bits per heavy atom. The van der Waals surface area contributed by atoms with Gasteiger partial charge in [-0.3, -0.25) is 0 Å². The van der Waals surface area contributed by atoms with Crippen molar-refractivity contribution in [3.63, 3.8) is 0 Å². The first-order valence-corrected chi connectivity index (χ1v) is 9.62. The molecule has 1 heterocycles. The number of rotatable bonds is 5. The molecule has 1 aromatic carbocycles. The highest BCUT2D eigenvalue weighted by molar-refractivity contribution is 7.89. The Morgan fingerprint density at radius 2 is 1.83 bits per heavy atom. The number of alkyl halides is 1. The molecular weight excluding hydrogens is 338 g/mol. The van der Waals surface area contributed by atoms with E-state index in [2.05, 4.69) is 0 Å². The van der Waals surface area contributed by atoms with E-state index in [1.165, 1.54) is 9.21 Å².